The Hall–Kier alpha value is -3.52. The second-order valence-corrected chi connectivity index (χ2v) is 7.29. The zero-order valence-corrected chi connectivity index (χ0v) is 16.2. The Bertz CT molecular complexity index is 1160. The second-order valence-electron chi connectivity index (χ2n) is 7.29. The lowest BCUT2D eigenvalue weighted by atomic mass is 10.1. The number of anilines is 2. The third kappa shape index (κ3) is 3.95. The Kier molecular flexibility index (Phi) is 4.98. The Morgan fingerprint density at radius 2 is 1.97 bits per heavy atom. The van der Waals surface area contributed by atoms with E-state index in [0.29, 0.717) is 22.8 Å². The Balaban J connectivity index is 1.36. The van der Waals surface area contributed by atoms with Crippen LogP contribution in [-0.4, -0.2) is 39.4 Å². The topological polar surface area (TPSA) is 87.8 Å². The molecule has 3 N–H and O–H groups in total. The van der Waals surface area contributed by atoms with Crippen molar-refractivity contribution in [2.45, 2.75) is 18.9 Å². The fourth-order valence-electron chi connectivity index (χ4n) is 3.60. The highest BCUT2D eigenvalue weighted by molar-refractivity contribution is 5.80. The molecule has 5 rings (SSSR count). The zero-order valence-electron chi connectivity index (χ0n) is 16.2. The van der Waals surface area contributed by atoms with Crippen LogP contribution in [0.5, 0.6) is 5.75 Å². The van der Waals surface area contributed by atoms with Crippen molar-refractivity contribution in [2.24, 2.45) is 0 Å². The van der Waals surface area contributed by atoms with E-state index < -0.39 is 0 Å². The van der Waals surface area contributed by atoms with Crippen LogP contribution in [0.2, 0.25) is 0 Å². The van der Waals surface area contributed by atoms with E-state index in [4.69, 9.17) is 4.74 Å². The summed E-state index contributed by atoms with van der Waals surface area (Å²) in [6.45, 7) is 1.95. The fourth-order valence-corrected chi connectivity index (χ4v) is 3.60. The molecule has 7 nitrogen and oxygen atoms in total. The van der Waals surface area contributed by atoms with E-state index >= 15 is 0 Å². The van der Waals surface area contributed by atoms with E-state index in [1.165, 1.54) is 6.07 Å². The third-order valence-electron chi connectivity index (χ3n) is 5.18. The van der Waals surface area contributed by atoms with Gasteiger partial charge in [0.15, 0.2) is 0 Å². The van der Waals surface area contributed by atoms with Crippen LogP contribution in [0.25, 0.3) is 22.0 Å². The van der Waals surface area contributed by atoms with Crippen LogP contribution in [0.3, 0.4) is 0 Å². The van der Waals surface area contributed by atoms with Crippen LogP contribution >= 0.6 is 0 Å². The molecule has 3 heterocycles. The first-order valence-corrected chi connectivity index (χ1v) is 9.94. The number of rotatable bonds is 5. The summed E-state index contributed by atoms with van der Waals surface area (Å²) in [5.74, 6) is 0.853. The van der Waals surface area contributed by atoms with Crippen LogP contribution in [0.15, 0.2) is 55.0 Å². The smallest absolute Gasteiger partial charge is 0.227 e. The summed E-state index contributed by atoms with van der Waals surface area (Å²) in [5.41, 5.74) is 2.52. The summed E-state index contributed by atoms with van der Waals surface area (Å²) >= 11 is 0. The molecule has 1 fully saturated rings. The van der Waals surface area contributed by atoms with Gasteiger partial charge in [-0.25, -0.2) is 14.4 Å². The highest BCUT2D eigenvalue weighted by atomic mass is 19.1. The normalized spacial score (nSPS) is 14.7. The number of ether oxygens (including phenoxy) is 1. The van der Waals surface area contributed by atoms with Gasteiger partial charge in [-0.3, -0.25) is 5.10 Å². The molecule has 1 aliphatic rings. The standard InChI is InChI=1S/C22H21FN6O/c23-20-9-16(2-4-19(20)15-12-26-27-13-15)28-22-25-11-14-1-3-18(10-21(14)29-22)30-17-5-7-24-8-6-17/h1-4,9-13,17,24H,5-8H2,(H,26,27)(H,25,28,29). The number of benzene rings is 2. The molecular formula is C22H21FN6O. The Labute approximate surface area is 172 Å². The van der Waals surface area contributed by atoms with Crippen molar-refractivity contribution in [3.63, 3.8) is 0 Å². The molecule has 152 valence electrons. The minimum Gasteiger partial charge on any atom is -0.490 e. The first kappa shape index (κ1) is 18.5. The lowest BCUT2D eigenvalue weighted by Crippen LogP contribution is -2.34. The molecule has 0 radical (unpaired) electrons. The minimum absolute atomic E-state index is 0.222. The molecule has 0 aliphatic carbocycles. The molecule has 2 aromatic carbocycles. The van der Waals surface area contributed by atoms with Crippen LogP contribution < -0.4 is 15.4 Å². The number of fused-ring (bicyclic) bond motifs is 1. The van der Waals surface area contributed by atoms with E-state index in [-0.39, 0.29) is 11.9 Å². The number of nitrogens with zero attached hydrogens (tertiary/aromatic N) is 3. The van der Waals surface area contributed by atoms with Gasteiger partial charge >= 0.3 is 0 Å². The summed E-state index contributed by atoms with van der Waals surface area (Å²) < 4.78 is 20.6. The number of halogens is 1. The van der Waals surface area contributed by atoms with Crippen LogP contribution in [0, 0.1) is 5.82 Å². The van der Waals surface area contributed by atoms with Gasteiger partial charge in [0.2, 0.25) is 5.95 Å². The maximum Gasteiger partial charge on any atom is 0.227 e. The van der Waals surface area contributed by atoms with Crippen molar-refractivity contribution >= 4 is 22.5 Å². The first-order chi connectivity index (χ1) is 14.7. The van der Waals surface area contributed by atoms with Gasteiger partial charge in [0.1, 0.15) is 17.7 Å². The van der Waals surface area contributed by atoms with Gasteiger partial charge in [-0.15, -0.1) is 0 Å². The molecule has 0 unspecified atom stereocenters. The van der Waals surface area contributed by atoms with Crippen molar-refractivity contribution < 1.29 is 9.13 Å². The van der Waals surface area contributed by atoms with Gasteiger partial charge in [-0.2, -0.15) is 5.10 Å². The quantitative estimate of drug-likeness (QED) is 0.465. The first-order valence-electron chi connectivity index (χ1n) is 9.94. The van der Waals surface area contributed by atoms with Crippen molar-refractivity contribution in [2.75, 3.05) is 18.4 Å². The summed E-state index contributed by atoms with van der Waals surface area (Å²) in [6.07, 6.45) is 7.20. The van der Waals surface area contributed by atoms with E-state index in [9.17, 15) is 4.39 Å². The molecule has 4 aromatic rings. The zero-order chi connectivity index (χ0) is 20.3. The number of aromatic amines is 1. The summed E-state index contributed by atoms with van der Waals surface area (Å²) in [6, 6.07) is 10.7. The van der Waals surface area contributed by atoms with Crippen molar-refractivity contribution in [3.05, 3.63) is 60.8 Å². The van der Waals surface area contributed by atoms with Crippen molar-refractivity contribution in [3.8, 4) is 16.9 Å². The predicted octanol–water partition coefficient (Wildman–Crippen LogP) is 4.03. The van der Waals surface area contributed by atoms with Crippen molar-refractivity contribution in [1.29, 1.82) is 0 Å². The molecule has 1 saturated heterocycles. The van der Waals surface area contributed by atoms with Gasteiger partial charge in [0.25, 0.3) is 0 Å². The van der Waals surface area contributed by atoms with Gasteiger partial charge in [-0.1, -0.05) is 0 Å². The lowest BCUT2D eigenvalue weighted by molar-refractivity contribution is 0.162. The average molecular weight is 404 g/mol. The van der Waals surface area contributed by atoms with Gasteiger partial charge < -0.3 is 15.4 Å². The number of piperidine rings is 1. The molecule has 0 amide bonds. The number of nitrogens with one attached hydrogen (secondary N) is 3. The summed E-state index contributed by atoms with van der Waals surface area (Å²) in [7, 11) is 0. The number of hydrogen-bond donors (Lipinski definition) is 3. The minimum atomic E-state index is -0.347. The SMILES string of the molecule is Fc1cc(Nc2ncc3ccc(OC4CCNCC4)cc3n2)ccc1-c1cn[nH]c1. The van der Waals surface area contributed by atoms with Gasteiger partial charge in [0.05, 0.1) is 11.7 Å². The summed E-state index contributed by atoms with van der Waals surface area (Å²) in [5, 5.41) is 13.9. The highest BCUT2D eigenvalue weighted by Gasteiger charge is 2.15. The molecule has 0 spiro atoms. The molecule has 0 bridgehead atoms. The van der Waals surface area contributed by atoms with Gasteiger partial charge in [0, 0.05) is 40.7 Å². The molecular weight excluding hydrogens is 383 g/mol. The van der Waals surface area contributed by atoms with Gasteiger partial charge in [-0.05, 0) is 56.3 Å². The highest BCUT2D eigenvalue weighted by Crippen LogP contribution is 2.27. The van der Waals surface area contributed by atoms with E-state index in [1.807, 2.05) is 18.2 Å². The van der Waals surface area contributed by atoms with Crippen LogP contribution in [0.4, 0.5) is 16.0 Å². The average Bonchev–Trinajstić information content (AvgIpc) is 3.29. The maximum absolute atomic E-state index is 14.5. The largest absolute Gasteiger partial charge is 0.490 e. The summed E-state index contributed by atoms with van der Waals surface area (Å²) in [4.78, 5) is 8.91. The lowest BCUT2D eigenvalue weighted by Gasteiger charge is -2.23. The number of H-pyrrole nitrogens is 1. The van der Waals surface area contributed by atoms with E-state index in [2.05, 4.69) is 30.8 Å². The van der Waals surface area contributed by atoms with E-state index in [0.717, 1.165) is 42.6 Å². The fraction of sp³-hybridized carbons (Fsp3) is 0.227. The number of hydrogen-bond acceptors (Lipinski definition) is 6. The molecule has 0 saturated carbocycles. The molecule has 30 heavy (non-hydrogen) atoms. The third-order valence-corrected chi connectivity index (χ3v) is 5.18. The molecule has 8 heteroatoms. The van der Waals surface area contributed by atoms with Crippen molar-refractivity contribution in [1.82, 2.24) is 25.5 Å². The maximum atomic E-state index is 14.5. The Morgan fingerprint density at radius 1 is 1.07 bits per heavy atom. The van der Waals surface area contributed by atoms with E-state index in [1.54, 1.807) is 30.7 Å². The predicted molar refractivity (Wildman–Crippen MR) is 113 cm³/mol. The molecule has 2 aromatic heterocycles. The molecule has 1 aliphatic heterocycles. The van der Waals surface area contributed by atoms with Crippen LogP contribution in [0.1, 0.15) is 12.8 Å². The van der Waals surface area contributed by atoms with Crippen LogP contribution in [-0.2, 0) is 0 Å². The monoisotopic (exact) mass is 404 g/mol. The Morgan fingerprint density at radius 3 is 2.77 bits per heavy atom. The molecule has 0 atom stereocenters. The second kappa shape index (κ2) is 8.08. The number of aromatic nitrogens is 4.